The van der Waals surface area contributed by atoms with Gasteiger partial charge in [0.15, 0.2) is 28.9 Å². The number of aliphatic hydroxyl groups is 1. The Morgan fingerprint density at radius 2 is 1.79 bits per heavy atom. The Labute approximate surface area is 216 Å². The molecular formula is C25H23F7N4O3. The number of nitrogens with one attached hydrogen (secondary N) is 1. The number of amides is 1. The maximum absolute atomic E-state index is 15.3. The zero-order valence-corrected chi connectivity index (χ0v) is 20.5. The molecule has 0 bridgehead atoms. The molecule has 2 N–H and O–H groups in total. The van der Waals surface area contributed by atoms with Crippen LogP contribution in [0.25, 0.3) is 16.7 Å². The van der Waals surface area contributed by atoms with Crippen molar-refractivity contribution in [3.05, 3.63) is 63.5 Å². The monoisotopic (exact) mass is 560 g/mol. The normalized spacial score (nSPS) is 16.9. The first-order valence-corrected chi connectivity index (χ1v) is 12.0. The van der Waals surface area contributed by atoms with E-state index in [1.54, 1.807) is 5.32 Å². The highest BCUT2D eigenvalue weighted by Gasteiger charge is 2.40. The van der Waals surface area contributed by atoms with Gasteiger partial charge in [-0.25, -0.2) is 22.5 Å². The zero-order chi connectivity index (χ0) is 28.6. The van der Waals surface area contributed by atoms with Crippen LogP contribution in [0.4, 0.5) is 36.6 Å². The highest BCUT2D eigenvalue weighted by atomic mass is 19.4. The van der Waals surface area contributed by atoms with Crippen LogP contribution >= 0.6 is 0 Å². The van der Waals surface area contributed by atoms with E-state index in [9.17, 15) is 41.0 Å². The second-order valence-electron chi connectivity index (χ2n) is 9.13. The molecule has 7 nitrogen and oxygen atoms in total. The third kappa shape index (κ3) is 5.42. The number of hydrogen-bond donors (Lipinski definition) is 2. The Morgan fingerprint density at radius 1 is 1.13 bits per heavy atom. The molecule has 2 atom stereocenters. The van der Waals surface area contributed by atoms with Gasteiger partial charge in [-0.2, -0.15) is 13.2 Å². The number of pyridine rings is 2. The van der Waals surface area contributed by atoms with E-state index in [4.69, 9.17) is 0 Å². The minimum absolute atomic E-state index is 0.264. The number of anilines is 1. The summed E-state index contributed by atoms with van der Waals surface area (Å²) in [5.41, 5.74) is -3.76. The molecule has 1 fully saturated rings. The van der Waals surface area contributed by atoms with Gasteiger partial charge in [0.2, 0.25) is 5.43 Å². The Balaban J connectivity index is 2.00. The van der Waals surface area contributed by atoms with Crippen LogP contribution in [0.1, 0.15) is 43.0 Å². The molecule has 1 aliphatic rings. The summed E-state index contributed by atoms with van der Waals surface area (Å²) < 4.78 is 99.0. The minimum atomic E-state index is -4.87. The maximum atomic E-state index is 15.3. The van der Waals surface area contributed by atoms with Gasteiger partial charge in [-0.1, -0.05) is 6.92 Å². The maximum Gasteiger partial charge on any atom is 0.408 e. The largest absolute Gasteiger partial charge is 0.408 e. The van der Waals surface area contributed by atoms with Crippen molar-refractivity contribution in [3.63, 3.8) is 0 Å². The van der Waals surface area contributed by atoms with Crippen molar-refractivity contribution in [1.29, 1.82) is 0 Å². The van der Waals surface area contributed by atoms with Crippen LogP contribution < -0.4 is 15.6 Å². The average Bonchev–Trinajstić information content (AvgIpc) is 2.87. The lowest BCUT2D eigenvalue weighted by Crippen LogP contribution is -2.46. The van der Waals surface area contributed by atoms with Crippen LogP contribution in [0.2, 0.25) is 0 Å². The van der Waals surface area contributed by atoms with E-state index >= 15 is 4.39 Å². The first-order chi connectivity index (χ1) is 18.4. The molecule has 210 valence electrons. The van der Waals surface area contributed by atoms with Crippen molar-refractivity contribution in [3.8, 4) is 5.69 Å². The van der Waals surface area contributed by atoms with Crippen LogP contribution in [0.15, 0.2) is 29.2 Å². The molecule has 0 radical (unpaired) electrons. The van der Waals surface area contributed by atoms with Gasteiger partial charge >= 0.3 is 6.18 Å². The van der Waals surface area contributed by atoms with Gasteiger partial charge in [-0.3, -0.25) is 14.2 Å². The number of benzene rings is 1. The number of carbonyl (C=O) groups is 1. The van der Waals surface area contributed by atoms with Gasteiger partial charge in [0.25, 0.3) is 5.91 Å². The molecule has 14 heteroatoms. The third-order valence-corrected chi connectivity index (χ3v) is 6.60. The smallest absolute Gasteiger partial charge is 0.394 e. The van der Waals surface area contributed by atoms with Crippen molar-refractivity contribution in [1.82, 2.24) is 14.9 Å². The SMILES string of the molecule is CC[C@H](NC(=O)c1cn(-c2c(F)cc(F)cc2F)c2nc(N3CCCC[C@H]3CO)c(F)cc2c1=O)C(F)(F)F. The van der Waals surface area contributed by atoms with Gasteiger partial charge < -0.3 is 15.3 Å². The number of aliphatic hydroxyl groups excluding tert-OH is 1. The van der Waals surface area contributed by atoms with Crippen molar-refractivity contribution in [2.45, 2.75) is 50.9 Å². The molecule has 0 spiro atoms. The fourth-order valence-electron chi connectivity index (χ4n) is 4.63. The summed E-state index contributed by atoms with van der Waals surface area (Å²) in [5.74, 6) is -7.19. The van der Waals surface area contributed by atoms with E-state index in [-0.39, 0.29) is 19.0 Å². The first kappa shape index (κ1) is 28.3. The Morgan fingerprint density at radius 3 is 2.38 bits per heavy atom. The van der Waals surface area contributed by atoms with Gasteiger partial charge in [-0.15, -0.1) is 0 Å². The molecule has 0 unspecified atom stereocenters. The van der Waals surface area contributed by atoms with E-state index in [2.05, 4.69) is 4.98 Å². The fourth-order valence-corrected chi connectivity index (χ4v) is 4.63. The van der Waals surface area contributed by atoms with Crippen molar-refractivity contribution >= 4 is 22.8 Å². The molecule has 0 aliphatic carbocycles. The molecule has 2 aromatic heterocycles. The number of halogens is 7. The molecule has 1 aromatic carbocycles. The van der Waals surface area contributed by atoms with Gasteiger partial charge in [0, 0.05) is 24.9 Å². The van der Waals surface area contributed by atoms with Crippen LogP contribution in [0, 0.1) is 23.3 Å². The summed E-state index contributed by atoms with van der Waals surface area (Å²) in [4.78, 5) is 31.5. The number of carbonyl (C=O) groups excluding carboxylic acids is 1. The number of nitrogens with zero attached hydrogens (tertiary/aromatic N) is 3. The number of hydrogen-bond acceptors (Lipinski definition) is 5. The van der Waals surface area contributed by atoms with E-state index in [0.717, 1.165) is 13.3 Å². The van der Waals surface area contributed by atoms with E-state index < -0.39 is 81.6 Å². The van der Waals surface area contributed by atoms with Crippen LogP contribution in [-0.2, 0) is 0 Å². The number of rotatable bonds is 6. The summed E-state index contributed by atoms with van der Waals surface area (Å²) in [5, 5.41) is 10.7. The third-order valence-electron chi connectivity index (χ3n) is 6.60. The first-order valence-electron chi connectivity index (χ1n) is 12.0. The molecule has 1 aliphatic heterocycles. The van der Waals surface area contributed by atoms with E-state index in [0.29, 0.717) is 41.8 Å². The lowest BCUT2D eigenvalue weighted by Gasteiger charge is -2.35. The standard InChI is InChI=1S/C25H23F7N4O3/c1-2-19(25(30,31)32)33-24(39)15-10-36(20-16(27)7-12(26)8-17(20)28)22-14(21(15)38)9-18(29)23(34-22)35-6-4-3-5-13(35)11-37/h7-10,13,19,37H,2-6,11H2,1H3,(H,33,39)/t13-,19-/m0/s1. The van der Waals surface area contributed by atoms with Crippen molar-refractivity contribution in [2.75, 3.05) is 18.1 Å². The summed E-state index contributed by atoms with van der Waals surface area (Å²) in [6.07, 6.45) is -3.03. The average molecular weight is 560 g/mol. The quantitative estimate of drug-likeness (QED) is 0.438. The Hall–Kier alpha value is -3.68. The van der Waals surface area contributed by atoms with Crippen LogP contribution in [0.5, 0.6) is 0 Å². The molecule has 1 saturated heterocycles. The number of aromatic nitrogens is 2. The van der Waals surface area contributed by atoms with Crippen molar-refractivity contribution in [2.24, 2.45) is 0 Å². The molecule has 0 saturated carbocycles. The van der Waals surface area contributed by atoms with Crippen LogP contribution in [0.3, 0.4) is 0 Å². The van der Waals surface area contributed by atoms with Gasteiger partial charge in [0.1, 0.15) is 23.1 Å². The Kier molecular flexibility index (Phi) is 7.87. The Bertz CT molecular complexity index is 1450. The minimum Gasteiger partial charge on any atom is -0.394 e. The molecule has 3 heterocycles. The summed E-state index contributed by atoms with van der Waals surface area (Å²) in [6, 6.07) is -1.60. The fraction of sp³-hybridized carbons (Fsp3) is 0.400. The van der Waals surface area contributed by atoms with Gasteiger partial charge in [0.05, 0.1) is 18.0 Å². The highest BCUT2D eigenvalue weighted by Crippen LogP contribution is 2.30. The van der Waals surface area contributed by atoms with Crippen molar-refractivity contribution < 1.29 is 40.6 Å². The molecule has 3 aromatic rings. The molecule has 39 heavy (non-hydrogen) atoms. The molecular weight excluding hydrogens is 537 g/mol. The predicted molar refractivity (Wildman–Crippen MR) is 127 cm³/mol. The number of fused-ring (bicyclic) bond motifs is 1. The number of piperidine rings is 1. The summed E-state index contributed by atoms with van der Waals surface area (Å²) >= 11 is 0. The summed E-state index contributed by atoms with van der Waals surface area (Å²) in [7, 11) is 0. The van der Waals surface area contributed by atoms with E-state index in [1.165, 1.54) is 4.90 Å². The van der Waals surface area contributed by atoms with E-state index in [1.807, 2.05) is 0 Å². The zero-order valence-electron chi connectivity index (χ0n) is 20.5. The van der Waals surface area contributed by atoms with Crippen LogP contribution in [-0.4, -0.2) is 52.0 Å². The number of alkyl halides is 3. The lowest BCUT2D eigenvalue weighted by atomic mass is 10.0. The summed E-state index contributed by atoms with van der Waals surface area (Å²) in [6.45, 7) is 1.05. The predicted octanol–water partition coefficient (Wildman–Crippen LogP) is 4.36. The second-order valence-corrected chi connectivity index (χ2v) is 9.13. The molecule has 4 rings (SSSR count). The molecule has 1 amide bonds. The highest BCUT2D eigenvalue weighted by molar-refractivity contribution is 5.97. The lowest BCUT2D eigenvalue weighted by molar-refractivity contribution is -0.153. The van der Waals surface area contributed by atoms with Gasteiger partial charge in [-0.05, 0) is 31.7 Å². The second kappa shape index (κ2) is 10.8. The topological polar surface area (TPSA) is 87.5 Å².